The number of nitrogens with two attached hydrogens (primary N) is 1. The van der Waals surface area contributed by atoms with Crippen LogP contribution in [-0.4, -0.2) is 26.3 Å². The zero-order valence-electron chi connectivity index (χ0n) is 13.7. The van der Waals surface area contributed by atoms with Gasteiger partial charge in [-0.15, -0.1) is 0 Å². The Labute approximate surface area is 159 Å². The molecule has 9 heteroatoms. The summed E-state index contributed by atoms with van der Waals surface area (Å²) in [5.41, 5.74) is 8.28. The molecule has 0 bridgehead atoms. The number of imidazole rings is 1. The second-order valence-corrected chi connectivity index (χ2v) is 6.39. The molecule has 1 amide bonds. The van der Waals surface area contributed by atoms with Crippen molar-refractivity contribution >= 4 is 46.3 Å². The highest BCUT2D eigenvalue weighted by Crippen LogP contribution is 2.27. The van der Waals surface area contributed by atoms with Gasteiger partial charge >= 0.3 is 0 Å². The Morgan fingerprint density at radius 2 is 2.00 bits per heavy atom. The summed E-state index contributed by atoms with van der Waals surface area (Å²) in [6, 6.07) is 8.33. The van der Waals surface area contributed by atoms with E-state index < -0.39 is 5.91 Å². The van der Waals surface area contributed by atoms with E-state index in [9.17, 15) is 4.79 Å². The normalized spacial score (nSPS) is 11.7. The van der Waals surface area contributed by atoms with E-state index >= 15 is 0 Å². The second-order valence-electron chi connectivity index (χ2n) is 5.58. The number of aryl methyl sites for hydroxylation is 1. The van der Waals surface area contributed by atoms with E-state index in [1.165, 1.54) is 0 Å². The molecule has 7 nitrogen and oxygen atoms in total. The van der Waals surface area contributed by atoms with Crippen LogP contribution in [0.15, 0.2) is 41.7 Å². The monoisotopic (exact) mass is 391 g/mol. The van der Waals surface area contributed by atoms with Crippen molar-refractivity contribution in [2.45, 2.75) is 13.3 Å². The molecule has 1 aromatic carbocycles. The van der Waals surface area contributed by atoms with Crippen LogP contribution in [0.4, 0.5) is 5.69 Å². The summed E-state index contributed by atoms with van der Waals surface area (Å²) in [4.78, 5) is 17.1. The van der Waals surface area contributed by atoms with E-state index in [0.717, 1.165) is 5.69 Å². The van der Waals surface area contributed by atoms with Crippen LogP contribution in [0.2, 0.25) is 10.0 Å². The molecule has 26 heavy (non-hydrogen) atoms. The van der Waals surface area contributed by atoms with Gasteiger partial charge < -0.3 is 20.7 Å². The lowest BCUT2D eigenvalue weighted by atomic mass is 10.2. The minimum Gasteiger partial charge on any atom is -0.409 e. The number of nitrogens with one attached hydrogen (secondary N) is 1. The van der Waals surface area contributed by atoms with Gasteiger partial charge in [-0.3, -0.25) is 4.79 Å². The van der Waals surface area contributed by atoms with Crippen molar-refractivity contribution in [2.75, 3.05) is 5.32 Å². The molecule has 0 saturated heterocycles. The van der Waals surface area contributed by atoms with Crippen molar-refractivity contribution in [2.24, 2.45) is 10.9 Å². The van der Waals surface area contributed by atoms with Crippen LogP contribution in [0, 0.1) is 6.92 Å². The van der Waals surface area contributed by atoms with E-state index in [2.05, 4.69) is 15.5 Å². The number of fused-ring (bicyclic) bond motifs is 1. The summed E-state index contributed by atoms with van der Waals surface area (Å²) in [6.07, 6.45) is 2.00. The van der Waals surface area contributed by atoms with E-state index in [1.807, 2.05) is 6.92 Å². The van der Waals surface area contributed by atoms with Crippen LogP contribution < -0.4 is 11.1 Å². The highest BCUT2D eigenvalue weighted by atomic mass is 35.5. The highest BCUT2D eigenvalue weighted by Gasteiger charge is 2.18. The maximum absolute atomic E-state index is 12.6. The summed E-state index contributed by atoms with van der Waals surface area (Å²) >= 11 is 12.2. The zero-order valence-corrected chi connectivity index (χ0v) is 15.2. The van der Waals surface area contributed by atoms with Gasteiger partial charge in [0.05, 0.1) is 39.1 Å². The Hall–Kier alpha value is -2.77. The van der Waals surface area contributed by atoms with Gasteiger partial charge in [0.15, 0.2) is 5.65 Å². The summed E-state index contributed by atoms with van der Waals surface area (Å²) < 4.78 is 1.77. The van der Waals surface area contributed by atoms with Crippen molar-refractivity contribution in [3.63, 3.8) is 0 Å². The van der Waals surface area contributed by atoms with Crippen LogP contribution in [0.5, 0.6) is 0 Å². The molecule has 134 valence electrons. The quantitative estimate of drug-likeness (QED) is 0.274. The van der Waals surface area contributed by atoms with Crippen molar-refractivity contribution in [1.82, 2.24) is 9.38 Å². The number of benzene rings is 1. The lowest BCUT2D eigenvalue weighted by Crippen LogP contribution is -2.17. The zero-order chi connectivity index (χ0) is 18.8. The number of pyridine rings is 1. The molecule has 0 aliphatic heterocycles. The number of oxime groups is 1. The third kappa shape index (κ3) is 3.31. The summed E-state index contributed by atoms with van der Waals surface area (Å²) in [6.45, 7) is 1.81. The van der Waals surface area contributed by atoms with Crippen LogP contribution in [0.3, 0.4) is 0 Å². The Kier molecular flexibility index (Phi) is 5.01. The highest BCUT2D eigenvalue weighted by molar-refractivity contribution is 6.40. The van der Waals surface area contributed by atoms with Gasteiger partial charge in [0, 0.05) is 6.20 Å². The van der Waals surface area contributed by atoms with E-state index in [4.69, 9.17) is 34.1 Å². The summed E-state index contributed by atoms with van der Waals surface area (Å²) in [5.74, 6) is -0.375. The number of carbonyl (C=O) groups is 1. The molecule has 0 aliphatic carbocycles. The predicted octanol–water partition coefficient (Wildman–Crippen LogP) is 3.49. The van der Waals surface area contributed by atoms with Gasteiger partial charge in [-0.05, 0) is 31.2 Å². The molecular weight excluding hydrogens is 377 g/mol. The van der Waals surface area contributed by atoms with Crippen LogP contribution >= 0.6 is 23.2 Å². The van der Waals surface area contributed by atoms with Crippen molar-refractivity contribution < 1.29 is 10.0 Å². The molecule has 2 heterocycles. The lowest BCUT2D eigenvalue weighted by molar-refractivity contribution is 0.102. The molecule has 3 rings (SSSR count). The fourth-order valence-corrected chi connectivity index (χ4v) is 3.22. The first-order chi connectivity index (χ1) is 12.4. The predicted molar refractivity (Wildman–Crippen MR) is 101 cm³/mol. The van der Waals surface area contributed by atoms with E-state index in [0.29, 0.717) is 17.0 Å². The molecule has 0 spiro atoms. The fraction of sp³-hybridized carbons (Fsp3) is 0.118. The maximum atomic E-state index is 12.6. The lowest BCUT2D eigenvalue weighted by Gasteiger charge is -2.10. The molecular formula is C17H15Cl2N5O2. The van der Waals surface area contributed by atoms with Gasteiger partial charge in [-0.2, -0.15) is 0 Å². The Bertz CT molecular complexity index is 1010. The Balaban J connectivity index is 2.01. The molecule has 0 unspecified atom stereocenters. The fourth-order valence-electron chi connectivity index (χ4n) is 2.65. The first kappa shape index (κ1) is 18.0. The topological polar surface area (TPSA) is 105 Å². The largest absolute Gasteiger partial charge is 0.409 e. The number of hydrogen-bond donors (Lipinski definition) is 3. The standard InChI is InChI=1S/C17H15Cl2N5O2/c1-9-13(8-14(20)23-26)24-7-3-6-12(16(24)21-9)22-17(25)15-10(18)4-2-5-11(15)19/h2-7,26H,8H2,1H3,(H2,20,23)(H,22,25). The molecule has 4 N–H and O–H groups in total. The number of nitrogens with zero attached hydrogens (tertiary/aromatic N) is 3. The van der Waals surface area contributed by atoms with Crippen LogP contribution in [0.25, 0.3) is 5.65 Å². The number of hydrogen-bond acceptors (Lipinski definition) is 4. The summed E-state index contributed by atoms with van der Waals surface area (Å²) in [5, 5.41) is 15.1. The molecule has 0 atom stereocenters. The van der Waals surface area contributed by atoms with Crippen molar-refractivity contribution in [3.05, 3.63) is 63.5 Å². The third-order valence-corrected chi connectivity index (χ3v) is 4.49. The Morgan fingerprint density at radius 3 is 2.65 bits per heavy atom. The number of amidine groups is 1. The minimum absolute atomic E-state index is 0.0622. The van der Waals surface area contributed by atoms with Gasteiger partial charge in [0.2, 0.25) is 0 Å². The number of carbonyl (C=O) groups excluding carboxylic acids is 1. The first-order valence-electron chi connectivity index (χ1n) is 7.60. The molecule has 2 aromatic heterocycles. The average Bonchev–Trinajstić information content (AvgIpc) is 2.91. The van der Waals surface area contributed by atoms with Crippen molar-refractivity contribution in [3.8, 4) is 0 Å². The maximum Gasteiger partial charge on any atom is 0.258 e. The van der Waals surface area contributed by atoms with E-state index in [-0.39, 0.29) is 27.9 Å². The molecule has 0 saturated carbocycles. The third-order valence-electron chi connectivity index (χ3n) is 3.86. The van der Waals surface area contributed by atoms with E-state index in [1.54, 1.807) is 40.9 Å². The molecule has 3 aromatic rings. The first-order valence-corrected chi connectivity index (χ1v) is 8.36. The van der Waals surface area contributed by atoms with Gasteiger partial charge in [0.25, 0.3) is 5.91 Å². The molecule has 0 fully saturated rings. The average molecular weight is 392 g/mol. The smallest absolute Gasteiger partial charge is 0.258 e. The molecule has 0 radical (unpaired) electrons. The van der Waals surface area contributed by atoms with Gasteiger partial charge in [-0.25, -0.2) is 4.98 Å². The van der Waals surface area contributed by atoms with Crippen molar-refractivity contribution in [1.29, 1.82) is 0 Å². The number of aromatic nitrogens is 2. The van der Waals surface area contributed by atoms with Crippen LogP contribution in [0.1, 0.15) is 21.7 Å². The number of amides is 1. The number of rotatable bonds is 4. The number of anilines is 1. The number of halogens is 2. The van der Waals surface area contributed by atoms with Crippen LogP contribution in [-0.2, 0) is 6.42 Å². The SMILES string of the molecule is Cc1nc2c(NC(=O)c3c(Cl)cccc3Cl)cccn2c1C/C(N)=N\O. The van der Waals surface area contributed by atoms with Gasteiger partial charge in [0.1, 0.15) is 5.84 Å². The van der Waals surface area contributed by atoms with Gasteiger partial charge in [-0.1, -0.05) is 34.4 Å². The summed E-state index contributed by atoms with van der Waals surface area (Å²) in [7, 11) is 0. The second kappa shape index (κ2) is 7.23. The Morgan fingerprint density at radius 1 is 1.31 bits per heavy atom. The minimum atomic E-state index is -0.438. The molecule has 0 aliphatic rings.